The molecule has 0 aromatic rings. The van der Waals surface area contributed by atoms with E-state index >= 15 is 0 Å². The fraction of sp³-hybridized carbons (Fsp3) is 0.692. The third-order valence-corrected chi connectivity index (χ3v) is 4.71. The van der Waals surface area contributed by atoms with Crippen molar-refractivity contribution in [2.75, 3.05) is 27.0 Å². The van der Waals surface area contributed by atoms with Crippen LogP contribution in [0.15, 0.2) is 11.6 Å². The molecule has 1 atom stereocenters. The molecule has 21 heavy (non-hydrogen) atoms. The van der Waals surface area contributed by atoms with Gasteiger partial charge in [0.1, 0.15) is 6.04 Å². The van der Waals surface area contributed by atoms with Crippen molar-refractivity contribution < 1.29 is 27.9 Å². The maximum atomic E-state index is 12.2. The lowest BCUT2D eigenvalue weighted by Crippen LogP contribution is -2.36. The first kappa shape index (κ1) is 19.8. The van der Waals surface area contributed by atoms with Crippen LogP contribution in [0.5, 0.6) is 0 Å². The molecule has 1 N–H and O–H groups in total. The average molecular weight is 321 g/mol. The lowest BCUT2D eigenvalue weighted by Gasteiger charge is -2.20. The van der Waals surface area contributed by atoms with Crippen LogP contribution in [0.4, 0.5) is 0 Å². The molecule has 0 aliphatic heterocycles. The zero-order valence-electron chi connectivity index (χ0n) is 13.1. The van der Waals surface area contributed by atoms with E-state index in [4.69, 9.17) is 13.8 Å². The smallest absolute Gasteiger partial charge is 0.334 e. The molecule has 0 aromatic carbocycles. The molecule has 7 nitrogen and oxygen atoms in total. The summed E-state index contributed by atoms with van der Waals surface area (Å²) in [5, 5.41) is 2.37. The minimum atomic E-state index is -3.25. The number of carbonyl (C=O) groups excluding carboxylic acids is 2. The Balaban J connectivity index is 5.33. The van der Waals surface area contributed by atoms with Crippen LogP contribution in [0.2, 0.25) is 0 Å². The first-order chi connectivity index (χ1) is 9.83. The molecule has 0 spiro atoms. The van der Waals surface area contributed by atoms with E-state index in [0.717, 1.165) is 0 Å². The fourth-order valence-electron chi connectivity index (χ4n) is 1.56. The summed E-state index contributed by atoms with van der Waals surface area (Å²) in [7, 11) is -0.648. The summed E-state index contributed by atoms with van der Waals surface area (Å²) in [6.07, 6.45) is 1.98. The van der Waals surface area contributed by atoms with Crippen molar-refractivity contribution in [2.24, 2.45) is 5.92 Å². The van der Waals surface area contributed by atoms with Gasteiger partial charge in [-0.15, -0.1) is 0 Å². The molecule has 0 saturated carbocycles. The summed E-state index contributed by atoms with van der Waals surface area (Å²) >= 11 is 0. The second-order valence-corrected chi connectivity index (χ2v) is 6.81. The second-order valence-electron chi connectivity index (χ2n) is 4.54. The number of nitrogens with one attached hydrogen (secondary N) is 1. The standard InChI is InChI=1S/C13H24NO6P/c1-6-20-13(16)12(14-9-15)7-11(10(2)3)8-21(17,18-4)19-5/h7,9-10,12H,6,8H2,1-5H3,(H,14,15). The van der Waals surface area contributed by atoms with Crippen molar-refractivity contribution in [1.29, 1.82) is 0 Å². The molecule has 0 bridgehead atoms. The van der Waals surface area contributed by atoms with Crippen LogP contribution in [-0.4, -0.2) is 45.4 Å². The molecule has 8 heteroatoms. The van der Waals surface area contributed by atoms with Gasteiger partial charge in [-0.1, -0.05) is 25.5 Å². The molecule has 0 radical (unpaired) electrons. The van der Waals surface area contributed by atoms with Gasteiger partial charge in [-0.25, -0.2) is 4.79 Å². The van der Waals surface area contributed by atoms with Crippen LogP contribution in [0.25, 0.3) is 0 Å². The van der Waals surface area contributed by atoms with Crippen molar-refractivity contribution in [3.63, 3.8) is 0 Å². The Labute approximate surface area is 125 Å². The van der Waals surface area contributed by atoms with Gasteiger partial charge in [0.25, 0.3) is 0 Å². The maximum Gasteiger partial charge on any atom is 0.334 e. The van der Waals surface area contributed by atoms with Gasteiger partial charge in [0.15, 0.2) is 0 Å². The van der Waals surface area contributed by atoms with E-state index in [1.165, 1.54) is 20.3 Å². The highest BCUT2D eigenvalue weighted by molar-refractivity contribution is 7.54. The van der Waals surface area contributed by atoms with Crippen LogP contribution < -0.4 is 5.32 Å². The maximum absolute atomic E-state index is 12.2. The van der Waals surface area contributed by atoms with E-state index in [1.54, 1.807) is 6.92 Å². The van der Waals surface area contributed by atoms with Crippen molar-refractivity contribution in [3.8, 4) is 0 Å². The zero-order chi connectivity index (χ0) is 16.5. The largest absolute Gasteiger partial charge is 0.464 e. The van der Waals surface area contributed by atoms with Gasteiger partial charge < -0.3 is 19.1 Å². The second kappa shape index (κ2) is 9.71. The van der Waals surface area contributed by atoms with Gasteiger partial charge in [-0.05, 0) is 12.8 Å². The predicted molar refractivity (Wildman–Crippen MR) is 79.0 cm³/mol. The molecule has 122 valence electrons. The predicted octanol–water partition coefficient (Wildman–Crippen LogP) is 1.73. The summed E-state index contributed by atoms with van der Waals surface area (Å²) in [5.74, 6) is -0.582. The molecule has 0 aliphatic carbocycles. The highest BCUT2D eigenvalue weighted by atomic mass is 31.2. The Bertz CT molecular complexity index is 413. The number of carbonyl (C=O) groups is 2. The summed E-state index contributed by atoms with van der Waals surface area (Å²) in [5.41, 5.74) is 0.675. The monoisotopic (exact) mass is 321 g/mol. The number of ether oxygens (including phenoxy) is 1. The number of hydrogen-bond acceptors (Lipinski definition) is 6. The first-order valence-electron chi connectivity index (χ1n) is 6.61. The topological polar surface area (TPSA) is 90.9 Å². The molecule has 1 amide bonds. The Morgan fingerprint density at radius 1 is 1.29 bits per heavy atom. The number of esters is 1. The van der Waals surface area contributed by atoms with E-state index < -0.39 is 19.6 Å². The fourth-order valence-corrected chi connectivity index (χ4v) is 2.88. The molecule has 1 unspecified atom stereocenters. The number of allylic oxidation sites excluding steroid dienone is 1. The Morgan fingerprint density at radius 3 is 2.24 bits per heavy atom. The summed E-state index contributed by atoms with van der Waals surface area (Å²) < 4.78 is 26.9. The van der Waals surface area contributed by atoms with E-state index in [2.05, 4.69) is 5.32 Å². The van der Waals surface area contributed by atoms with Crippen LogP contribution in [0.3, 0.4) is 0 Å². The first-order valence-corrected chi connectivity index (χ1v) is 8.33. The minimum absolute atomic E-state index is 0.00555. The molecular weight excluding hydrogens is 297 g/mol. The van der Waals surface area contributed by atoms with Gasteiger partial charge in [0.2, 0.25) is 6.41 Å². The van der Waals surface area contributed by atoms with Gasteiger partial charge in [-0.2, -0.15) is 0 Å². The molecule has 0 saturated heterocycles. The van der Waals surface area contributed by atoms with Crippen molar-refractivity contribution in [2.45, 2.75) is 26.8 Å². The van der Waals surface area contributed by atoms with Gasteiger partial charge in [-0.3, -0.25) is 9.36 Å². The third kappa shape index (κ3) is 6.89. The van der Waals surface area contributed by atoms with E-state index in [0.29, 0.717) is 12.0 Å². The number of amides is 1. The Morgan fingerprint density at radius 2 is 1.86 bits per heavy atom. The molecule has 0 fully saturated rings. The number of rotatable bonds is 10. The molecule has 0 aliphatic rings. The zero-order valence-corrected chi connectivity index (χ0v) is 14.0. The highest BCUT2D eigenvalue weighted by Gasteiger charge is 2.26. The van der Waals surface area contributed by atoms with Crippen LogP contribution in [0.1, 0.15) is 20.8 Å². The Kier molecular flexibility index (Phi) is 9.17. The highest BCUT2D eigenvalue weighted by Crippen LogP contribution is 2.48. The molecular formula is C13H24NO6P. The van der Waals surface area contributed by atoms with Crippen LogP contribution >= 0.6 is 7.60 Å². The van der Waals surface area contributed by atoms with Crippen molar-refractivity contribution in [3.05, 3.63) is 11.6 Å². The van der Waals surface area contributed by atoms with Crippen molar-refractivity contribution >= 4 is 20.0 Å². The van der Waals surface area contributed by atoms with Gasteiger partial charge in [0.05, 0.1) is 12.8 Å². The van der Waals surface area contributed by atoms with E-state index in [-0.39, 0.29) is 18.7 Å². The number of hydrogen-bond donors (Lipinski definition) is 1. The normalized spacial score (nSPS) is 13.9. The van der Waals surface area contributed by atoms with Gasteiger partial charge >= 0.3 is 13.6 Å². The molecule has 0 aromatic heterocycles. The van der Waals surface area contributed by atoms with Crippen LogP contribution in [0, 0.1) is 5.92 Å². The van der Waals surface area contributed by atoms with E-state index in [1.807, 2.05) is 13.8 Å². The molecule has 0 heterocycles. The van der Waals surface area contributed by atoms with Gasteiger partial charge in [0, 0.05) is 14.2 Å². The lowest BCUT2D eigenvalue weighted by atomic mass is 10.0. The van der Waals surface area contributed by atoms with Crippen molar-refractivity contribution in [1.82, 2.24) is 5.32 Å². The summed E-state index contributed by atoms with van der Waals surface area (Å²) in [6.45, 7) is 5.64. The average Bonchev–Trinajstić information content (AvgIpc) is 2.45. The lowest BCUT2D eigenvalue weighted by molar-refractivity contribution is -0.145. The van der Waals surface area contributed by atoms with E-state index in [9.17, 15) is 14.2 Å². The molecule has 0 rings (SSSR count). The Hall–Kier alpha value is -1.17. The summed E-state index contributed by atoms with van der Waals surface area (Å²) in [4.78, 5) is 22.4. The summed E-state index contributed by atoms with van der Waals surface area (Å²) in [6, 6.07) is -0.929. The minimum Gasteiger partial charge on any atom is -0.464 e. The third-order valence-electron chi connectivity index (χ3n) is 2.84. The van der Waals surface area contributed by atoms with Crippen LogP contribution in [-0.2, 0) is 27.9 Å². The quantitative estimate of drug-likeness (QED) is 0.285. The SMILES string of the molecule is CCOC(=O)C(C=C(CP(=O)(OC)OC)C(C)C)NC=O.